The highest BCUT2D eigenvalue weighted by atomic mass is 35.5. The molecule has 2 rings (SSSR count). The van der Waals surface area contributed by atoms with E-state index in [0.717, 1.165) is 6.20 Å². The van der Waals surface area contributed by atoms with Crippen LogP contribution in [0.2, 0.25) is 5.28 Å². The van der Waals surface area contributed by atoms with Crippen molar-refractivity contribution in [3.63, 3.8) is 0 Å². The van der Waals surface area contributed by atoms with Crippen LogP contribution in [0.1, 0.15) is 18.7 Å². The van der Waals surface area contributed by atoms with Crippen molar-refractivity contribution in [3.8, 4) is 0 Å². The predicted molar refractivity (Wildman–Crippen MR) is 57.7 cm³/mol. The fourth-order valence-electron chi connectivity index (χ4n) is 1.26. The van der Waals surface area contributed by atoms with Gasteiger partial charge in [-0.2, -0.15) is 4.98 Å². The summed E-state index contributed by atoms with van der Waals surface area (Å²) >= 11 is 5.57. The normalized spacial score (nSPS) is 12.4. The summed E-state index contributed by atoms with van der Waals surface area (Å²) in [7, 11) is 0. The molecule has 84 valence electrons. The minimum absolute atomic E-state index is 0.00413. The molecule has 0 fully saturated rings. The van der Waals surface area contributed by atoms with Gasteiger partial charge >= 0.3 is 0 Å². The summed E-state index contributed by atoms with van der Waals surface area (Å²) in [6.07, 6.45) is 2.57. The molecule has 0 aliphatic rings. The summed E-state index contributed by atoms with van der Waals surface area (Å²) in [6, 6.07) is 3.35. The van der Waals surface area contributed by atoms with Crippen LogP contribution in [0, 0.1) is 5.82 Å². The molecular formula is C10H9ClFN3O. The topological polar surface area (TPSA) is 51.0 Å². The molecule has 16 heavy (non-hydrogen) atoms. The summed E-state index contributed by atoms with van der Waals surface area (Å²) < 4.78 is 18.5. The smallest absolute Gasteiger partial charge is 0.224 e. The predicted octanol–water partition coefficient (Wildman–Crippen LogP) is 3.04. The molecule has 2 heterocycles. The molecule has 0 amide bonds. The minimum Gasteiger partial charge on any atom is -0.467 e. The number of nitrogens with one attached hydrogen (secondary N) is 1. The van der Waals surface area contributed by atoms with Gasteiger partial charge in [-0.05, 0) is 30.7 Å². The Morgan fingerprint density at radius 2 is 2.38 bits per heavy atom. The summed E-state index contributed by atoms with van der Waals surface area (Å²) in [5, 5.41) is 2.84. The molecule has 0 aliphatic heterocycles. The first-order valence-corrected chi connectivity index (χ1v) is 5.02. The second kappa shape index (κ2) is 4.49. The Balaban J connectivity index is 2.17. The third-order valence-corrected chi connectivity index (χ3v) is 2.22. The lowest BCUT2D eigenvalue weighted by molar-refractivity contribution is 0.488. The molecule has 0 saturated heterocycles. The first kappa shape index (κ1) is 10.9. The molecule has 1 unspecified atom stereocenters. The molecule has 0 aromatic carbocycles. The monoisotopic (exact) mass is 241 g/mol. The summed E-state index contributed by atoms with van der Waals surface area (Å²) in [5.74, 6) is 0.195. The fourth-order valence-corrected chi connectivity index (χ4v) is 1.39. The molecule has 0 radical (unpaired) electrons. The van der Waals surface area contributed by atoms with Crippen LogP contribution in [0.4, 0.5) is 10.2 Å². The van der Waals surface area contributed by atoms with Gasteiger partial charge in [-0.3, -0.25) is 0 Å². The number of anilines is 1. The van der Waals surface area contributed by atoms with E-state index in [9.17, 15) is 4.39 Å². The second-order valence-corrected chi connectivity index (χ2v) is 3.56. The third kappa shape index (κ3) is 2.30. The van der Waals surface area contributed by atoms with Crippen molar-refractivity contribution >= 4 is 17.4 Å². The highest BCUT2D eigenvalue weighted by Crippen LogP contribution is 2.20. The van der Waals surface area contributed by atoms with E-state index < -0.39 is 5.82 Å². The van der Waals surface area contributed by atoms with E-state index in [4.69, 9.17) is 16.0 Å². The zero-order chi connectivity index (χ0) is 11.5. The van der Waals surface area contributed by atoms with Gasteiger partial charge in [-0.15, -0.1) is 0 Å². The van der Waals surface area contributed by atoms with E-state index in [-0.39, 0.29) is 17.1 Å². The van der Waals surface area contributed by atoms with Gasteiger partial charge in [-0.1, -0.05) is 0 Å². The van der Waals surface area contributed by atoms with Crippen LogP contribution >= 0.6 is 11.6 Å². The van der Waals surface area contributed by atoms with Crippen LogP contribution in [0.3, 0.4) is 0 Å². The van der Waals surface area contributed by atoms with E-state index in [1.807, 2.05) is 6.92 Å². The van der Waals surface area contributed by atoms with Crippen LogP contribution in [0.25, 0.3) is 0 Å². The van der Waals surface area contributed by atoms with Crippen LogP contribution in [0.5, 0.6) is 0 Å². The van der Waals surface area contributed by atoms with Crippen LogP contribution in [0.15, 0.2) is 29.0 Å². The molecule has 0 saturated carbocycles. The molecule has 0 bridgehead atoms. The molecule has 4 nitrogen and oxygen atoms in total. The van der Waals surface area contributed by atoms with Gasteiger partial charge in [0.15, 0.2) is 11.6 Å². The molecule has 0 spiro atoms. The molecule has 6 heteroatoms. The number of halogens is 2. The van der Waals surface area contributed by atoms with Crippen molar-refractivity contribution in [2.45, 2.75) is 13.0 Å². The maximum absolute atomic E-state index is 13.3. The first-order valence-electron chi connectivity index (χ1n) is 4.65. The second-order valence-electron chi connectivity index (χ2n) is 3.22. The fraction of sp³-hybridized carbons (Fsp3) is 0.200. The third-order valence-electron chi connectivity index (χ3n) is 2.04. The minimum atomic E-state index is -0.553. The van der Waals surface area contributed by atoms with Crippen molar-refractivity contribution < 1.29 is 8.81 Å². The lowest BCUT2D eigenvalue weighted by Crippen LogP contribution is -2.09. The maximum atomic E-state index is 13.3. The van der Waals surface area contributed by atoms with Crippen LogP contribution in [-0.2, 0) is 0 Å². The Bertz CT molecular complexity index is 475. The Labute approximate surface area is 96.5 Å². The SMILES string of the molecule is CC(Nc1nc(Cl)ncc1F)c1ccco1. The average molecular weight is 242 g/mol. The molecule has 0 aliphatic carbocycles. The molecule has 2 aromatic rings. The maximum Gasteiger partial charge on any atom is 0.224 e. The van der Waals surface area contributed by atoms with E-state index in [1.54, 1.807) is 18.4 Å². The lowest BCUT2D eigenvalue weighted by atomic mass is 10.2. The van der Waals surface area contributed by atoms with Gasteiger partial charge in [0.25, 0.3) is 0 Å². The zero-order valence-corrected chi connectivity index (χ0v) is 9.20. The Kier molecular flexibility index (Phi) is 3.05. The summed E-state index contributed by atoms with van der Waals surface area (Å²) in [4.78, 5) is 7.27. The molecule has 2 aromatic heterocycles. The Morgan fingerprint density at radius 1 is 1.56 bits per heavy atom. The van der Waals surface area contributed by atoms with Crippen LogP contribution in [-0.4, -0.2) is 9.97 Å². The van der Waals surface area contributed by atoms with E-state index in [0.29, 0.717) is 5.76 Å². The molecule has 1 atom stereocenters. The van der Waals surface area contributed by atoms with Crippen molar-refractivity contribution in [2.75, 3.05) is 5.32 Å². The van der Waals surface area contributed by atoms with Gasteiger partial charge in [0.1, 0.15) is 5.76 Å². The van der Waals surface area contributed by atoms with Gasteiger partial charge in [0.05, 0.1) is 18.5 Å². The molecular weight excluding hydrogens is 233 g/mol. The lowest BCUT2D eigenvalue weighted by Gasteiger charge is -2.12. The van der Waals surface area contributed by atoms with Crippen molar-refractivity contribution in [1.82, 2.24) is 9.97 Å². The van der Waals surface area contributed by atoms with Gasteiger partial charge < -0.3 is 9.73 Å². The average Bonchev–Trinajstić information content (AvgIpc) is 2.76. The van der Waals surface area contributed by atoms with Gasteiger partial charge in [0.2, 0.25) is 5.28 Å². The summed E-state index contributed by atoms with van der Waals surface area (Å²) in [6.45, 7) is 1.83. The van der Waals surface area contributed by atoms with Crippen molar-refractivity contribution in [2.24, 2.45) is 0 Å². The van der Waals surface area contributed by atoms with Gasteiger partial charge in [0, 0.05) is 0 Å². The Morgan fingerprint density at radius 3 is 3.06 bits per heavy atom. The molecule has 1 N–H and O–H groups in total. The quantitative estimate of drug-likeness (QED) is 0.840. The standard InChI is InChI=1S/C10H9ClFN3O/c1-6(8-3-2-4-16-8)14-9-7(12)5-13-10(11)15-9/h2-6H,1H3,(H,13,14,15). The highest BCUT2D eigenvalue weighted by Gasteiger charge is 2.12. The van der Waals surface area contributed by atoms with Crippen molar-refractivity contribution in [3.05, 3.63) is 41.5 Å². The van der Waals surface area contributed by atoms with E-state index in [1.165, 1.54) is 0 Å². The van der Waals surface area contributed by atoms with Crippen molar-refractivity contribution in [1.29, 1.82) is 0 Å². The number of nitrogens with zero attached hydrogens (tertiary/aromatic N) is 2. The largest absolute Gasteiger partial charge is 0.467 e. The first-order chi connectivity index (χ1) is 7.66. The number of hydrogen-bond acceptors (Lipinski definition) is 4. The Hall–Kier alpha value is -1.62. The van der Waals surface area contributed by atoms with E-state index >= 15 is 0 Å². The number of aromatic nitrogens is 2. The highest BCUT2D eigenvalue weighted by molar-refractivity contribution is 6.28. The number of rotatable bonds is 3. The van der Waals surface area contributed by atoms with E-state index in [2.05, 4.69) is 15.3 Å². The summed E-state index contributed by atoms with van der Waals surface area (Å²) in [5.41, 5.74) is 0. The number of hydrogen-bond donors (Lipinski definition) is 1. The number of furan rings is 1. The van der Waals surface area contributed by atoms with Gasteiger partial charge in [-0.25, -0.2) is 9.37 Å². The zero-order valence-electron chi connectivity index (χ0n) is 8.45. The van der Waals surface area contributed by atoms with Crippen LogP contribution < -0.4 is 5.32 Å².